The Bertz CT molecular complexity index is 1260. The number of aromatic nitrogens is 5. The van der Waals surface area contributed by atoms with Gasteiger partial charge in [-0.05, 0) is 32.3 Å². The summed E-state index contributed by atoms with van der Waals surface area (Å²) in [5.41, 5.74) is 5.74. The molecule has 3 aromatic rings. The summed E-state index contributed by atoms with van der Waals surface area (Å²) < 4.78 is 4.36. The summed E-state index contributed by atoms with van der Waals surface area (Å²) in [6.07, 6.45) is 2.22. The van der Waals surface area contributed by atoms with Gasteiger partial charge in [0.1, 0.15) is 17.2 Å². The van der Waals surface area contributed by atoms with Gasteiger partial charge in [0.05, 0.1) is 12.3 Å². The molecule has 2 heterocycles. The highest BCUT2D eigenvalue weighted by Crippen LogP contribution is 2.40. The number of ketones is 1. The summed E-state index contributed by atoms with van der Waals surface area (Å²) in [5, 5.41) is 9.16. The predicted molar refractivity (Wildman–Crippen MR) is 123 cm³/mol. The van der Waals surface area contributed by atoms with Gasteiger partial charge in [-0.2, -0.15) is 0 Å². The normalized spacial score (nSPS) is 13.4. The van der Waals surface area contributed by atoms with Crippen molar-refractivity contribution in [2.45, 2.75) is 57.4 Å². The first kappa shape index (κ1) is 22.1. The smallest absolute Gasteiger partial charge is 0.332 e. The van der Waals surface area contributed by atoms with Gasteiger partial charge in [0.2, 0.25) is 0 Å². The van der Waals surface area contributed by atoms with Crippen LogP contribution in [0.2, 0.25) is 0 Å². The van der Waals surface area contributed by atoms with Gasteiger partial charge in [-0.3, -0.25) is 18.7 Å². The van der Waals surface area contributed by atoms with E-state index >= 15 is 0 Å². The van der Waals surface area contributed by atoms with Crippen LogP contribution in [0.5, 0.6) is 0 Å². The summed E-state index contributed by atoms with van der Waals surface area (Å²) in [4.78, 5) is 38.9. The van der Waals surface area contributed by atoms with Gasteiger partial charge in [0.15, 0.2) is 10.9 Å². The third kappa shape index (κ3) is 4.14. The Morgan fingerprint density at radius 2 is 1.75 bits per heavy atom. The SMILES string of the molecule is CCn1c(SCC(=O)c2c(N)n(Cc3ccccc3)c(=O)n(CC)c2=O)nnc1C1CC1. The maximum atomic E-state index is 13.1. The zero-order chi connectivity index (χ0) is 22.8. The number of anilines is 1. The molecular formula is C22H26N6O3S. The van der Waals surface area contributed by atoms with Crippen molar-refractivity contribution >= 4 is 23.4 Å². The molecule has 32 heavy (non-hydrogen) atoms. The maximum absolute atomic E-state index is 13.1. The average molecular weight is 455 g/mol. The second-order valence-corrected chi connectivity index (χ2v) is 8.68. The van der Waals surface area contributed by atoms with Crippen molar-refractivity contribution in [3.8, 4) is 0 Å². The third-order valence-electron chi connectivity index (χ3n) is 5.58. The first-order chi connectivity index (χ1) is 15.5. The van der Waals surface area contributed by atoms with E-state index in [2.05, 4.69) is 10.2 Å². The van der Waals surface area contributed by atoms with Crippen LogP contribution in [-0.4, -0.2) is 35.4 Å². The second-order valence-electron chi connectivity index (χ2n) is 7.74. The number of thioether (sulfide) groups is 1. The van der Waals surface area contributed by atoms with Gasteiger partial charge in [0, 0.05) is 19.0 Å². The van der Waals surface area contributed by atoms with Crippen molar-refractivity contribution in [3.63, 3.8) is 0 Å². The van der Waals surface area contributed by atoms with Crippen molar-refractivity contribution in [1.82, 2.24) is 23.9 Å². The van der Waals surface area contributed by atoms with E-state index < -0.39 is 17.0 Å². The molecule has 2 aromatic heterocycles. The van der Waals surface area contributed by atoms with Gasteiger partial charge in [-0.25, -0.2) is 4.79 Å². The lowest BCUT2D eigenvalue weighted by atomic mass is 10.2. The molecule has 0 unspecified atom stereocenters. The fraction of sp³-hybridized carbons (Fsp3) is 0.409. The topological polar surface area (TPSA) is 118 Å². The van der Waals surface area contributed by atoms with Crippen LogP contribution in [0.25, 0.3) is 0 Å². The minimum atomic E-state index is -0.652. The molecule has 10 heteroatoms. The summed E-state index contributed by atoms with van der Waals surface area (Å²) in [6, 6.07) is 9.31. The van der Waals surface area contributed by atoms with Crippen LogP contribution in [0.15, 0.2) is 45.1 Å². The maximum Gasteiger partial charge on any atom is 0.332 e. The average Bonchev–Trinajstić information content (AvgIpc) is 3.55. The largest absolute Gasteiger partial charge is 0.384 e. The van der Waals surface area contributed by atoms with Crippen molar-refractivity contribution in [2.75, 3.05) is 11.5 Å². The Morgan fingerprint density at radius 1 is 1.06 bits per heavy atom. The number of hydrogen-bond donors (Lipinski definition) is 1. The van der Waals surface area contributed by atoms with Gasteiger partial charge in [-0.15, -0.1) is 10.2 Å². The minimum Gasteiger partial charge on any atom is -0.384 e. The molecule has 1 fully saturated rings. The Balaban J connectivity index is 1.65. The molecule has 0 bridgehead atoms. The van der Waals surface area contributed by atoms with Crippen molar-refractivity contribution in [2.24, 2.45) is 0 Å². The highest BCUT2D eigenvalue weighted by atomic mass is 32.2. The van der Waals surface area contributed by atoms with Crippen LogP contribution in [0, 0.1) is 0 Å². The molecule has 0 radical (unpaired) electrons. The zero-order valence-corrected chi connectivity index (χ0v) is 19.0. The molecule has 9 nitrogen and oxygen atoms in total. The lowest BCUT2D eigenvalue weighted by Gasteiger charge is -2.15. The molecule has 4 rings (SSSR count). The predicted octanol–water partition coefficient (Wildman–Crippen LogP) is 2.12. The fourth-order valence-corrected chi connectivity index (χ4v) is 4.61. The monoisotopic (exact) mass is 454 g/mol. The Labute approximate surface area is 189 Å². The number of benzene rings is 1. The first-order valence-electron chi connectivity index (χ1n) is 10.7. The number of nitrogen functional groups attached to an aromatic ring is 1. The van der Waals surface area contributed by atoms with Gasteiger partial charge in [-0.1, -0.05) is 42.1 Å². The molecule has 168 valence electrons. The lowest BCUT2D eigenvalue weighted by Crippen LogP contribution is -2.44. The molecule has 1 aromatic carbocycles. The number of rotatable bonds is 9. The highest BCUT2D eigenvalue weighted by molar-refractivity contribution is 7.99. The summed E-state index contributed by atoms with van der Waals surface area (Å²) in [7, 11) is 0. The number of nitrogens with zero attached hydrogens (tertiary/aromatic N) is 5. The van der Waals surface area contributed by atoms with Crippen LogP contribution in [0.1, 0.15) is 54.4 Å². The molecule has 0 atom stereocenters. The van der Waals surface area contributed by atoms with Crippen LogP contribution in [0.4, 0.5) is 5.82 Å². The van der Waals surface area contributed by atoms with E-state index in [-0.39, 0.29) is 30.2 Å². The van der Waals surface area contributed by atoms with E-state index in [1.807, 2.05) is 41.8 Å². The van der Waals surface area contributed by atoms with E-state index in [1.165, 1.54) is 16.3 Å². The molecule has 2 N–H and O–H groups in total. The van der Waals surface area contributed by atoms with Crippen LogP contribution in [0.3, 0.4) is 0 Å². The Morgan fingerprint density at radius 3 is 2.38 bits per heavy atom. The van der Waals surface area contributed by atoms with Gasteiger partial charge >= 0.3 is 5.69 Å². The van der Waals surface area contributed by atoms with Crippen LogP contribution in [-0.2, 0) is 19.6 Å². The number of Topliss-reactive ketones (excluding diaryl/α,β-unsaturated/α-hetero) is 1. The quantitative estimate of drug-likeness (QED) is 0.389. The molecule has 0 saturated heterocycles. The van der Waals surface area contributed by atoms with Gasteiger partial charge < -0.3 is 10.3 Å². The number of carbonyl (C=O) groups excluding carboxylic acids is 1. The van der Waals surface area contributed by atoms with Crippen molar-refractivity contribution in [3.05, 3.63) is 68.1 Å². The summed E-state index contributed by atoms with van der Waals surface area (Å²) in [5.74, 6) is 0.846. The van der Waals surface area contributed by atoms with Gasteiger partial charge in [0.25, 0.3) is 5.56 Å². The lowest BCUT2D eigenvalue weighted by molar-refractivity contribution is 0.102. The molecule has 0 spiro atoms. The number of carbonyl (C=O) groups is 1. The number of hydrogen-bond acceptors (Lipinski definition) is 7. The Kier molecular flexibility index (Phi) is 6.31. The van der Waals surface area contributed by atoms with Crippen LogP contribution >= 0.6 is 11.8 Å². The second kappa shape index (κ2) is 9.15. The van der Waals surface area contributed by atoms with E-state index in [9.17, 15) is 14.4 Å². The molecule has 1 aliphatic carbocycles. The molecule has 1 saturated carbocycles. The molecule has 0 amide bonds. The van der Waals surface area contributed by atoms with E-state index in [1.54, 1.807) is 6.92 Å². The minimum absolute atomic E-state index is 0.0184. The molecular weight excluding hydrogens is 428 g/mol. The van der Waals surface area contributed by atoms with Crippen molar-refractivity contribution < 1.29 is 4.79 Å². The van der Waals surface area contributed by atoms with Crippen LogP contribution < -0.4 is 17.0 Å². The van der Waals surface area contributed by atoms with E-state index in [0.29, 0.717) is 17.6 Å². The fourth-order valence-electron chi connectivity index (χ4n) is 3.72. The van der Waals surface area contributed by atoms with E-state index in [0.717, 1.165) is 28.8 Å². The molecule has 1 aliphatic rings. The standard InChI is InChI=1S/C22H26N6O3S/c1-3-26-19(15-10-11-15)24-25-21(26)32-13-16(29)17-18(23)28(12-14-8-6-5-7-9-14)22(31)27(4-2)20(17)30/h5-9,15H,3-4,10-13,23H2,1-2H3. The van der Waals surface area contributed by atoms with Crippen molar-refractivity contribution in [1.29, 1.82) is 0 Å². The Hall–Kier alpha value is -3.14. The summed E-state index contributed by atoms with van der Waals surface area (Å²) in [6.45, 7) is 4.74. The third-order valence-corrected chi connectivity index (χ3v) is 6.55. The highest BCUT2D eigenvalue weighted by Gasteiger charge is 2.30. The summed E-state index contributed by atoms with van der Waals surface area (Å²) >= 11 is 1.23. The molecule has 0 aliphatic heterocycles. The van der Waals surface area contributed by atoms with E-state index in [4.69, 9.17) is 5.73 Å². The number of nitrogens with two attached hydrogens (primary N) is 1. The first-order valence-corrected chi connectivity index (χ1v) is 11.7. The zero-order valence-electron chi connectivity index (χ0n) is 18.2.